The van der Waals surface area contributed by atoms with Crippen LogP contribution in [0.15, 0.2) is 0 Å². The Balaban J connectivity index is 5.20. The molecule has 19 heteroatoms. The highest BCUT2D eigenvalue weighted by Crippen LogP contribution is 2.45. The predicted octanol–water partition coefficient (Wildman–Crippen LogP) is 25.8. The number of hydrogen-bond acceptors (Lipinski definition) is 15. The number of phosphoric ester groups is 2. The van der Waals surface area contributed by atoms with Gasteiger partial charge in [0.25, 0.3) is 0 Å². The summed E-state index contributed by atoms with van der Waals surface area (Å²) in [6.45, 7) is 9.74. The molecule has 3 unspecified atom stereocenters. The molecule has 17 nitrogen and oxygen atoms in total. The van der Waals surface area contributed by atoms with Crippen LogP contribution in [0.3, 0.4) is 0 Å². The molecule has 0 aromatic heterocycles. The Bertz CT molecular complexity index is 2000. The van der Waals surface area contributed by atoms with Gasteiger partial charge in [-0.05, 0) is 37.5 Å². The molecule has 618 valence electrons. The van der Waals surface area contributed by atoms with E-state index >= 15 is 0 Å². The number of hydrogen-bond donors (Lipinski definition) is 3. The summed E-state index contributed by atoms with van der Waals surface area (Å²) in [4.78, 5) is 73.1. The third kappa shape index (κ3) is 76.8. The van der Waals surface area contributed by atoms with Gasteiger partial charge < -0.3 is 33.8 Å². The van der Waals surface area contributed by atoms with Crippen molar-refractivity contribution >= 4 is 39.5 Å². The van der Waals surface area contributed by atoms with E-state index in [-0.39, 0.29) is 25.7 Å². The van der Waals surface area contributed by atoms with Crippen LogP contribution in [0.2, 0.25) is 0 Å². The first-order valence-electron chi connectivity index (χ1n) is 44.0. The fraction of sp³-hybridized carbons (Fsp3) is 0.953. The van der Waals surface area contributed by atoms with Gasteiger partial charge in [-0.2, -0.15) is 0 Å². The van der Waals surface area contributed by atoms with Gasteiger partial charge in [-0.1, -0.05) is 401 Å². The number of phosphoric acid groups is 2. The number of carbonyl (C=O) groups excluding carboxylic acids is 4. The number of aliphatic hydroxyl groups is 1. The number of aliphatic hydroxyl groups excluding tert-OH is 1. The first kappa shape index (κ1) is 102. The number of ether oxygens (including phenoxy) is 4. The third-order valence-corrected chi connectivity index (χ3v) is 22.2. The van der Waals surface area contributed by atoms with Gasteiger partial charge in [-0.25, -0.2) is 9.13 Å². The Labute approximate surface area is 638 Å². The minimum absolute atomic E-state index is 0.109. The molecule has 0 aliphatic carbocycles. The zero-order chi connectivity index (χ0) is 76.4. The van der Waals surface area contributed by atoms with Crippen molar-refractivity contribution in [3.8, 4) is 0 Å². The largest absolute Gasteiger partial charge is 0.472 e. The first-order valence-corrected chi connectivity index (χ1v) is 47.0. The molecule has 0 radical (unpaired) electrons. The number of carbonyl (C=O) groups is 4. The lowest BCUT2D eigenvalue weighted by Crippen LogP contribution is -2.30. The Morgan fingerprint density at radius 1 is 0.279 bits per heavy atom. The predicted molar refractivity (Wildman–Crippen MR) is 428 cm³/mol. The standard InChI is InChI=1S/C85H166O17P2/c1-7-10-12-14-16-18-19-20-21-27-34-39-45-51-57-63-69-84(89)101-80(73-95-82(87)67-61-55-49-41-17-15-13-11-8-2)75-99-103(91,92)97-71-79(86)72-98-104(93,94)100-76-81(74-96-83(88)68-62-56-50-44-38-33-30-29-31-36-42-47-53-59-65-77(4)5)102-85(90)70-64-58-52-46-40-35-28-25-23-22-24-26-32-37-43-48-54-60-66-78(6)9-3/h77-81,86H,7-76H2,1-6H3,(H,91,92)(H,93,94)/t78?,79-,80+,81+/m0/s1. The fourth-order valence-corrected chi connectivity index (χ4v) is 14.8. The molecule has 0 saturated heterocycles. The molecule has 0 heterocycles. The van der Waals surface area contributed by atoms with Crippen LogP contribution in [0.1, 0.15) is 452 Å². The van der Waals surface area contributed by atoms with Crippen LogP contribution in [-0.2, 0) is 65.4 Å². The van der Waals surface area contributed by atoms with E-state index in [0.29, 0.717) is 25.7 Å². The topological polar surface area (TPSA) is 237 Å². The van der Waals surface area contributed by atoms with Crippen molar-refractivity contribution < 1.29 is 80.2 Å². The maximum absolute atomic E-state index is 13.1. The summed E-state index contributed by atoms with van der Waals surface area (Å²) in [5.41, 5.74) is 0. The zero-order valence-corrected chi connectivity index (χ0v) is 70.1. The minimum Gasteiger partial charge on any atom is -0.462 e. The van der Waals surface area contributed by atoms with Crippen molar-refractivity contribution in [2.24, 2.45) is 11.8 Å². The van der Waals surface area contributed by atoms with E-state index in [9.17, 15) is 43.2 Å². The summed E-state index contributed by atoms with van der Waals surface area (Å²) in [7, 11) is -9.92. The second kappa shape index (κ2) is 76.4. The monoisotopic (exact) mass is 1520 g/mol. The highest BCUT2D eigenvalue weighted by Gasteiger charge is 2.30. The van der Waals surface area contributed by atoms with Gasteiger partial charge in [0.1, 0.15) is 19.3 Å². The van der Waals surface area contributed by atoms with Gasteiger partial charge in [0, 0.05) is 25.7 Å². The van der Waals surface area contributed by atoms with E-state index in [4.69, 9.17) is 37.0 Å². The first-order chi connectivity index (χ1) is 50.4. The molecule has 0 saturated carbocycles. The third-order valence-electron chi connectivity index (χ3n) is 20.3. The molecule has 0 aliphatic rings. The van der Waals surface area contributed by atoms with Crippen LogP contribution in [0, 0.1) is 11.8 Å². The smallest absolute Gasteiger partial charge is 0.462 e. The van der Waals surface area contributed by atoms with E-state index in [1.54, 1.807) is 0 Å². The van der Waals surface area contributed by atoms with Gasteiger partial charge in [-0.15, -0.1) is 0 Å². The summed E-state index contributed by atoms with van der Waals surface area (Å²) in [5.74, 6) is -0.433. The van der Waals surface area contributed by atoms with Crippen LogP contribution in [-0.4, -0.2) is 96.7 Å². The molecule has 6 atom stereocenters. The molecular weight excluding hydrogens is 1350 g/mol. The van der Waals surface area contributed by atoms with Gasteiger partial charge >= 0.3 is 39.5 Å². The number of esters is 4. The lowest BCUT2D eigenvalue weighted by Gasteiger charge is -2.21. The average Bonchev–Trinajstić information content (AvgIpc) is 0.903. The van der Waals surface area contributed by atoms with Crippen LogP contribution < -0.4 is 0 Å². The highest BCUT2D eigenvalue weighted by molar-refractivity contribution is 7.47. The lowest BCUT2D eigenvalue weighted by atomic mass is 9.99. The van der Waals surface area contributed by atoms with Crippen LogP contribution >= 0.6 is 15.6 Å². The Morgan fingerprint density at radius 3 is 0.731 bits per heavy atom. The number of unbranched alkanes of at least 4 members (excludes halogenated alkanes) is 53. The van der Waals surface area contributed by atoms with E-state index in [0.717, 1.165) is 102 Å². The second-order valence-electron chi connectivity index (χ2n) is 31.3. The summed E-state index contributed by atoms with van der Waals surface area (Å²) in [6, 6.07) is 0. The summed E-state index contributed by atoms with van der Waals surface area (Å²) >= 11 is 0. The number of rotatable bonds is 84. The van der Waals surface area contributed by atoms with E-state index < -0.39 is 97.5 Å². The minimum atomic E-state index is -4.96. The van der Waals surface area contributed by atoms with Crippen LogP contribution in [0.25, 0.3) is 0 Å². The molecule has 0 aliphatic heterocycles. The molecule has 0 spiro atoms. The molecular formula is C85H166O17P2. The quantitative estimate of drug-likeness (QED) is 0.0222. The molecule has 3 N–H and O–H groups in total. The fourth-order valence-electron chi connectivity index (χ4n) is 13.2. The normalized spacial score (nSPS) is 14.1. The van der Waals surface area contributed by atoms with Crippen molar-refractivity contribution in [1.82, 2.24) is 0 Å². The van der Waals surface area contributed by atoms with E-state index in [1.807, 2.05) is 0 Å². The second-order valence-corrected chi connectivity index (χ2v) is 34.2. The van der Waals surface area contributed by atoms with E-state index in [1.165, 1.54) is 270 Å². The Morgan fingerprint density at radius 2 is 0.490 bits per heavy atom. The zero-order valence-electron chi connectivity index (χ0n) is 68.3. The molecule has 0 fully saturated rings. The lowest BCUT2D eigenvalue weighted by molar-refractivity contribution is -0.161. The molecule has 0 bridgehead atoms. The summed E-state index contributed by atoms with van der Waals surface area (Å²) < 4.78 is 68.8. The molecule has 104 heavy (non-hydrogen) atoms. The van der Waals surface area contributed by atoms with E-state index in [2.05, 4.69) is 41.5 Å². The maximum atomic E-state index is 13.1. The van der Waals surface area contributed by atoms with Crippen molar-refractivity contribution in [3.63, 3.8) is 0 Å². The van der Waals surface area contributed by atoms with Gasteiger partial charge in [0.2, 0.25) is 0 Å². The van der Waals surface area contributed by atoms with Crippen LogP contribution in [0.4, 0.5) is 0 Å². The van der Waals surface area contributed by atoms with Crippen LogP contribution in [0.5, 0.6) is 0 Å². The van der Waals surface area contributed by atoms with Gasteiger partial charge in [0.15, 0.2) is 12.2 Å². The molecule has 0 rings (SSSR count). The van der Waals surface area contributed by atoms with Gasteiger partial charge in [-0.3, -0.25) is 37.3 Å². The highest BCUT2D eigenvalue weighted by atomic mass is 31.2. The Kier molecular flexibility index (Phi) is 75.0. The molecule has 0 aromatic rings. The van der Waals surface area contributed by atoms with Gasteiger partial charge in [0.05, 0.1) is 26.4 Å². The van der Waals surface area contributed by atoms with Crippen molar-refractivity contribution in [3.05, 3.63) is 0 Å². The SMILES string of the molecule is CCCCCCCCCCCCCCCCCCC(=O)O[C@H](COC(=O)CCCCCCCCCCC)COP(=O)(O)OC[C@H](O)COP(=O)(O)OC[C@@H](COC(=O)CCCCCCCCCCCCCCCCC(C)C)OC(=O)CCCCCCCCCCCCCCCCCCCCC(C)CC. The average molecular weight is 1520 g/mol. The molecule has 0 amide bonds. The van der Waals surface area contributed by atoms with Crippen molar-refractivity contribution in [2.45, 2.75) is 471 Å². The van der Waals surface area contributed by atoms with Crippen molar-refractivity contribution in [2.75, 3.05) is 39.6 Å². The maximum Gasteiger partial charge on any atom is 0.472 e. The summed E-state index contributed by atoms with van der Waals surface area (Å²) in [5, 5.41) is 10.7. The van der Waals surface area contributed by atoms with Crippen molar-refractivity contribution in [1.29, 1.82) is 0 Å². The molecule has 0 aromatic carbocycles. The Hall–Kier alpha value is -1.94. The summed E-state index contributed by atoms with van der Waals surface area (Å²) in [6.07, 6.45) is 68.0.